The summed E-state index contributed by atoms with van der Waals surface area (Å²) in [7, 11) is 0. The molecule has 11 nitrogen and oxygen atoms in total. The molecular weight excluding hydrogens is 488 g/mol. The fraction of sp³-hybridized carbons (Fsp3) is 0.444. The van der Waals surface area contributed by atoms with Gasteiger partial charge in [0.25, 0.3) is 0 Å². The van der Waals surface area contributed by atoms with Gasteiger partial charge in [0.1, 0.15) is 23.8 Å². The smallest absolute Gasteiger partial charge is 0.247 e. The Morgan fingerprint density at radius 1 is 1.11 bits per heavy atom. The number of nitrogens with one attached hydrogen (secondary N) is 2. The number of nitrogens with zero attached hydrogens (tertiary/aromatic N) is 4. The van der Waals surface area contributed by atoms with Gasteiger partial charge >= 0.3 is 0 Å². The molecule has 3 N–H and O–H groups in total. The van der Waals surface area contributed by atoms with Crippen LogP contribution in [0.25, 0.3) is 11.0 Å². The van der Waals surface area contributed by atoms with Gasteiger partial charge in [0.05, 0.1) is 29.6 Å². The summed E-state index contributed by atoms with van der Waals surface area (Å²) >= 11 is 0. The summed E-state index contributed by atoms with van der Waals surface area (Å²) in [6, 6.07) is 15.5. The molecule has 6 rings (SSSR count). The lowest BCUT2D eigenvalue weighted by molar-refractivity contribution is -0.147. The van der Waals surface area contributed by atoms with E-state index in [1.54, 1.807) is 16.8 Å². The van der Waals surface area contributed by atoms with Crippen LogP contribution in [0.4, 0.5) is 5.69 Å². The summed E-state index contributed by atoms with van der Waals surface area (Å²) in [5.74, 6) is -2.63. The number of ether oxygens (including phenoxy) is 1. The van der Waals surface area contributed by atoms with Crippen molar-refractivity contribution in [1.29, 1.82) is 0 Å². The first-order valence-corrected chi connectivity index (χ1v) is 13.0. The number of anilines is 1. The van der Waals surface area contributed by atoms with Gasteiger partial charge in [0.2, 0.25) is 17.7 Å². The van der Waals surface area contributed by atoms with E-state index in [1.165, 1.54) is 4.90 Å². The van der Waals surface area contributed by atoms with Crippen molar-refractivity contribution in [2.45, 2.75) is 50.1 Å². The van der Waals surface area contributed by atoms with E-state index < -0.39 is 35.0 Å². The number of hydrogen-bond donors (Lipinski definition) is 3. The second-order valence-electron chi connectivity index (χ2n) is 10.2. The molecule has 2 bridgehead atoms. The standard InChI is InChI=1S/C27H30N6O5/c1-2-26-12-13-27(38-26)21(20(26)23(35)29-17-8-4-3-5-9-17)25(37)32(14-15-34)22(27)24(36)28-16-33-19-11-7-6-10-18(19)30-31-33/h3-11,20-22,34H,2,12-16H2,1H3,(H,28,36)(H,29,35)/t20-,21-,22?,26+,27?/m0/s1. The van der Waals surface area contributed by atoms with Gasteiger partial charge in [-0.15, -0.1) is 5.10 Å². The van der Waals surface area contributed by atoms with Gasteiger partial charge in [-0.2, -0.15) is 0 Å². The van der Waals surface area contributed by atoms with E-state index in [0.29, 0.717) is 30.5 Å². The Balaban J connectivity index is 1.31. The predicted octanol–water partition coefficient (Wildman–Crippen LogP) is 1.29. The number of para-hydroxylation sites is 2. The molecule has 2 aromatic carbocycles. The summed E-state index contributed by atoms with van der Waals surface area (Å²) in [5, 5.41) is 23.9. The number of hydrogen-bond acceptors (Lipinski definition) is 7. The summed E-state index contributed by atoms with van der Waals surface area (Å²) in [6.45, 7) is 1.65. The number of β-amino-alcohol motifs (C(OH)–C–C–N with tert-alkyl or cyclic N) is 1. The molecule has 198 valence electrons. The minimum absolute atomic E-state index is 0.0308. The Morgan fingerprint density at radius 2 is 1.87 bits per heavy atom. The Hall–Kier alpha value is -3.83. The second kappa shape index (κ2) is 9.17. The lowest BCUT2D eigenvalue weighted by Crippen LogP contribution is -2.55. The average molecular weight is 519 g/mol. The van der Waals surface area contributed by atoms with Gasteiger partial charge in [-0.05, 0) is 43.5 Å². The lowest BCUT2D eigenvalue weighted by atomic mass is 9.65. The predicted molar refractivity (Wildman–Crippen MR) is 136 cm³/mol. The average Bonchev–Trinajstić information content (AvgIpc) is 3.65. The highest BCUT2D eigenvalue weighted by Gasteiger charge is 2.78. The van der Waals surface area contributed by atoms with Gasteiger partial charge < -0.3 is 25.4 Å². The van der Waals surface area contributed by atoms with Crippen LogP contribution in [0.1, 0.15) is 26.2 Å². The Labute approximate surface area is 219 Å². The van der Waals surface area contributed by atoms with E-state index in [0.717, 1.165) is 5.52 Å². The van der Waals surface area contributed by atoms with E-state index >= 15 is 0 Å². The summed E-state index contributed by atoms with van der Waals surface area (Å²) in [5.41, 5.74) is 0.0979. The fourth-order valence-corrected chi connectivity index (χ4v) is 6.79. The van der Waals surface area contributed by atoms with Crippen LogP contribution < -0.4 is 10.6 Å². The fourth-order valence-electron chi connectivity index (χ4n) is 6.79. The maximum Gasteiger partial charge on any atom is 0.247 e. The number of rotatable bonds is 8. The quantitative estimate of drug-likeness (QED) is 0.408. The molecule has 3 aliphatic heterocycles. The number of benzene rings is 2. The first kappa shape index (κ1) is 24.5. The summed E-state index contributed by atoms with van der Waals surface area (Å²) in [4.78, 5) is 42.7. The third kappa shape index (κ3) is 3.52. The number of carbonyl (C=O) groups is 3. The maximum atomic E-state index is 13.9. The van der Waals surface area contributed by atoms with E-state index in [4.69, 9.17) is 4.74 Å². The van der Waals surface area contributed by atoms with Gasteiger partial charge in [-0.3, -0.25) is 14.4 Å². The van der Waals surface area contributed by atoms with Crippen LogP contribution in [0, 0.1) is 11.8 Å². The van der Waals surface area contributed by atoms with E-state index in [1.807, 2.05) is 49.4 Å². The normalized spacial score (nSPS) is 29.6. The molecule has 0 saturated carbocycles. The van der Waals surface area contributed by atoms with Crippen LogP contribution in [0.3, 0.4) is 0 Å². The zero-order valence-corrected chi connectivity index (χ0v) is 21.0. The topological polar surface area (TPSA) is 139 Å². The van der Waals surface area contributed by atoms with Crippen LogP contribution in [0.2, 0.25) is 0 Å². The molecule has 3 aliphatic rings. The van der Waals surface area contributed by atoms with E-state index in [2.05, 4.69) is 20.9 Å². The lowest BCUT2D eigenvalue weighted by Gasteiger charge is -2.33. The monoisotopic (exact) mass is 518 g/mol. The van der Waals surface area contributed by atoms with Crippen LogP contribution in [0.5, 0.6) is 0 Å². The number of amides is 3. The number of aromatic nitrogens is 3. The molecule has 3 fully saturated rings. The third-order valence-electron chi connectivity index (χ3n) is 8.42. The van der Waals surface area contributed by atoms with Crippen molar-refractivity contribution in [2.75, 3.05) is 18.5 Å². The SMILES string of the molecule is CC[C@]12CCC3(O1)C(C(=O)NCn1nnc4ccccc41)N(CCO)C(=O)[C@@H]3[C@H]2C(=O)Nc1ccccc1. The maximum absolute atomic E-state index is 13.9. The molecule has 1 aromatic heterocycles. The van der Waals surface area contributed by atoms with Gasteiger partial charge in [-0.1, -0.05) is 42.5 Å². The molecule has 5 atom stereocenters. The zero-order valence-electron chi connectivity index (χ0n) is 21.0. The zero-order chi connectivity index (χ0) is 26.5. The first-order chi connectivity index (χ1) is 18.4. The Morgan fingerprint density at radius 3 is 2.63 bits per heavy atom. The summed E-state index contributed by atoms with van der Waals surface area (Å²) < 4.78 is 8.26. The number of aliphatic hydroxyl groups excluding tert-OH is 1. The van der Waals surface area contributed by atoms with Crippen molar-refractivity contribution in [1.82, 2.24) is 25.2 Å². The molecule has 38 heavy (non-hydrogen) atoms. The highest BCUT2D eigenvalue weighted by atomic mass is 16.5. The number of fused-ring (bicyclic) bond motifs is 2. The Kier molecular flexibility index (Phi) is 5.92. The van der Waals surface area contributed by atoms with Crippen molar-refractivity contribution in [3.05, 3.63) is 54.6 Å². The second-order valence-corrected chi connectivity index (χ2v) is 10.2. The van der Waals surface area contributed by atoms with Gasteiger partial charge in [0, 0.05) is 12.2 Å². The number of aliphatic hydroxyl groups is 1. The number of carbonyl (C=O) groups excluding carboxylic acids is 3. The number of likely N-dealkylation sites (tertiary alicyclic amines) is 1. The van der Waals surface area contributed by atoms with Crippen LogP contribution in [0.15, 0.2) is 54.6 Å². The van der Waals surface area contributed by atoms with Crippen molar-refractivity contribution in [2.24, 2.45) is 11.8 Å². The molecule has 0 aliphatic carbocycles. The van der Waals surface area contributed by atoms with Crippen molar-refractivity contribution in [3.8, 4) is 0 Å². The molecule has 2 unspecified atom stereocenters. The van der Waals surface area contributed by atoms with Crippen LogP contribution >= 0.6 is 0 Å². The largest absolute Gasteiger partial charge is 0.395 e. The summed E-state index contributed by atoms with van der Waals surface area (Å²) in [6.07, 6.45) is 1.56. The highest BCUT2D eigenvalue weighted by molar-refractivity contribution is 6.02. The van der Waals surface area contributed by atoms with Gasteiger partial charge in [-0.25, -0.2) is 4.68 Å². The highest BCUT2D eigenvalue weighted by Crippen LogP contribution is 2.64. The molecule has 3 aromatic rings. The molecule has 4 heterocycles. The molecule has 11 heteroatoms. The molecule has 0 radical (unpaired) electrons. The van der Waals surface area contributed by atoms with Crippen LogP contribution in [-0.4, -0.2) is 73.1 Å². The Bertz CT molecular complexity index is 1390. The molecule has 1 spiro atoms. The van der Waals surface area contributed by atoms with Crippen molar-refractivity contribution >= 4 is 34.4 Å². The van der Waals surface area contributed by atoms with E-state index in [9.17, 15) is 19.5 Å². The van der Waals surface area contributed by atoms with Crippen molar-refractivity contribution in [3.63, 3.8) is 0 Å². The van der Waals surface area contributed by atoms with Gasteiger partial charge in [0.15, 0.2) is 0 Å². The third-order valence-corrected chi connectivity index (χ3v) is 8.42. The molecular formula is C27H30N6O5. The minimum atomic E-state index is -1.16. The van der Waals surface area contributed by atoms with Crippen LogP contribution in [-0.2, 0) is 25.8 Å². The molecule has 3 amide bonds. The molecule has 3 saturated heterocycles. The minimum Gasteiger partial charge on any atom is -0.395 e. The van der Waals surface area contributed by atoms with Crippen molar-refractivity contribution < 1.29 is 24.2 Å². The van der Waals surface area contributed by atoms with E-state index in [-0.39, 0.29) is 31.6 Å². The first-order valence-electron chi connectivity index (χ1n) is 13.0.